The van der Waals surface area contributed by atoms with E-state index in [0.717, 1.165) is 38.9 Å². The second-order valence-corrected chi connectivity index (χ2v) is 11.8. The van der Waals surface area contributed by atoms with Gasteiger partial charge in [-0.25, -0.2) is 13.2 Å². The first-order chi connectivity index (χ1) is 19.8. The smallest absolute Gasteiger partial charge is 0.319 e. The van der Waals surface area contributed by atoms with E-state index in [1.54, 1.807) is 30.5 Å². The van der Waals surface area contributed by atoms with Crippen molar-refractivity contribution in [3.05, 3.63) is 53.2 Å². The molecule has 0 bridgehead atoms. The van der Waals surface area contributed by atoms with Gasteiger partial charge in [0.1, 0.15) is 35.6 Å². The first-order valence-corrected chi connectivity index (χ1v) is 14.4. The van der Waals surface area contributed by atoms with Crippen LogP contribution in [0.1, 0.15) is 25.7 Å². The molecule has 41 heavy (non-hydrogen) atoms. The van der Waals surface area contributed by atoms with Crippen LogP contribution < -0.4 is 15.0 Å². The summed E-state index contributed by atoms with van der Waals surface area (Å²) in [6.07, 6.45) is 3.79. The molecule has 7 nitrogen and oxygen atoms in total. The van der Waals surface area contributed by atoms with E-state index in [1.807, 2.05) is 11.9 Å². The topological polar surface area (TPSA) is 66.4 Å². The number of fused-ring (bicyclic) bond motifs is 3. The van der Waals surface area contributed by atoms with Crippen molar-refractivity contribution in [3.63, 3.8) is 0 Å². The van der Waals surface area contributed by atoms with Crippen LogP contribution in [0, 0.1) is 11.6 Å². The molecule has 3 aliphatic heterocycles. The molecule has 0 aliphatic carbocycles. The first kappa shape index (κ1) is 26.7. The van der Waals surface area contributed by atoms with E-state index in [0.29, 0.717) is 40.5 Å². The number of hydrogen-bond donors (Lipinski definition) is 1. The van der Waals surface area contributed by atoms with Gasteiger partial charge in [-0.2, -0.15) is 9.97 Å². The number of rotatable bonds is 6. The molecule has 3 saturated heterocycles. The molecule has 2 aromatic heterocycles. The summed E-state index contributed by atoms with van der Waals surface area (Å²) in [5, 5.41) is 4.74. The lowest BCUT2D eigenvalue weighted by atomic mass is 9.95. The van der Waals surface area contributed by atoms with Gasteiger partial charge in [0.15, 0.2) is 5.82 Å². The Morgan fingerprint density at radius 2 is 2.10 bits per heavy atom. The number of benzene rings is 2. The summed E-state index contributed by atoms with van der Waals surface area (Å²) in [5.74, 6) is -0.760. The summed E-state index contributed by atoms with van der Waals surface area (Å²) in [7, 11) is 1.92. The lowest BCUT2D eigenvalue weighted by Gasteiger charge is -2.31. The maximum absolute atomic E-state index is 16.5. The molecule has 214 valence electrons. The summed E-state index contributed by atoms with van der Waals surface area (Å²) in [6.45, 7) is 3.11. The highest BCUT2D eigenvalue weighted by molar-refractivity contribution is 6.36. The average Bonchev–Trinajstić information content (AvgIpc) is 3.70. The van der Waals surface area contributed by atoms with Crippen LogP contribution in [-0.4, -0.2) is 77.4 Å². The Labute approximate surface area is 240 Å². The number of hydrogen-bond acceptors (Lipinski definition) is 7. The van der Waals surface area contributed by atoms with Crippen molar-refractivity contribution in [1.82, 2.24) is 25.2 Å². The maximum Gasteiger partial charge on any atom is 0.319 e. The highest BCUT2D eigenvalue weighted by Crippen LogP contribution is 2.41. The van der Waals surface area contributed by atoms with Crippen LogP contribution in [0.3, 0.4) is 0 Å². The number of anilines is 1. The Morgan fingerprint density at radius 3 is 2.93 bits per heavy atom. The van der Waals surface area contributed by atoms with Gasteiger partial charge in [0.2, 0.25) is 0 Å². The molecule has 1 N–H and O–H groups in total. The summed E-state index contributed by atoms with van der Waals surface area (Å²) >= 11 is 6.36. The van der Waals surface area contributed by atoms with Crippen LogP contribution in [-0.2, 0) is 0 Å². The number of nitrogens with zero attached hydrogens (tertiary/aromatic N) is 5. The van der Waals surface area contributed by atoms with E-state index in [2.05, 4.69) is 20.2 Å². The minimum Gasteiger partial charge on any atom is -0.461 e. The first-order valence-electron chi connectivity index (χ1n) is 14.0. The predicted molar refractivity (Wildman–Crippen MR) is 153 cm³/mol. The van der Waals surface area contributed by atoms with Crippen molar-refractivity contribution in [3.8, 4) is 17.3 Å². The molecule has 4 aromatic rings. The van der Waals surface area contributed by atoms with Gasteiger partial charge in [-0.15, -0.1) is 0 Å². The van der Waals surface area contributed by atoms with Gasteiger partial charge >= 0.3 is 6.01 Å². The summed E-state index contributed by atoms with van der Waals surface area (Å²) in [5.41, 5.74) is 0.0222. The van der Waals surface area contributed by atoms with E-state index in [9.17, 15) is 8.78 Å². The summed E-state index contributed by atoms with van der Waals surface area (Å²) in [6, 6.07) is 8.28. The monoisotopic (exact) mass is 582 g/mol. The normalized spacial score (nSPS) is 24.4. The van der Waals surface area contributed by atoms with E-state index in [1.165, 1.54) is 6.07 Å². The molecule has 3 aliphatic rings. The van der Waals surface area contributed by atoms with Gasteiger partial charge in [-0.3, -0.25) is 9.88 Å². The van der Waals surface area contributed by atoms with Gasteiger partial charge in [-0.1, -0.05) is 35.9 Å². The van der Waals surface area contributed by atoms with Gasteiger partial charge < -0.3 is 15.0 Å². The quantitative estimate of drug-likeness (QED) is 0.321. The minimum absolute atomic E-state index is 0.00742. The third-order valence-electron chi connectivity index (χ3n) is 8.98. The Kier molecular flexibility index (Phi) is 6.67. The van der Waals surface area contributed by atoms with E-state index in [-0.39, 0.29) is 34.9 Å². The van der Waals surface area contributed by atoms with Crippen LogP contribution in [0.25, 0.3) is 32.9 Å². The standard InChI is InChI=1S/C30H30ClF3N6O/c1-39(19-8-10-35-13-19)28-21-14-36-26(20-5-2-4-17-6-7-22(33)24(31)23(17)20)25(34)27(21)37-29(38-28)41-16-30-9-3-11-40(30)15-18(32)12-30/h2,4-7,14,18-19,35H,3,8-13,15-16H2,1H3/t18-,19+,30+/m0/s1. The van der Waals surface area contributed by atoms with Crippen molar-refractivity contribution >= 4 is 39.1 Å². The largest absolute Gasteiger partial charge is 0.461 e. The Hall–Kier alpha value is -3.21. The molecular formula is C30H30ClF3N6O. The molecule has 2 aromatic carbocycles. The zero-order valence-electron chi connectivity index (χ0n) is 22.6. The molecular weight excluding hydrogens is 553 g/mol. The van der Waals surface area contributed by atoms with Gasteiger partial charge in [0, 0.05) is 49.7 Å². The molecule has 0 amide bonds. The summed E-state index contributed by atoms with van der Waals surface area (Å²) < 4.78 is 51.5. The number of halogens is 4. The highest BCUT2D eigenvalue weighted by Gasteiger charge is 2.49. The fraction of sp³-hybridized carbons (Fsp3) is 0.433. The van der Waals surface area contributed by atoms with Crippen molar-refractivity contribution in [2.75, 3.05) is 44.7 Å². The highest BCUT2D eigenvalue weighted by atomic mass is 35.5. The SMILES string of the molecule is CN(c1nc(OC[C@]23CCCN2C[C@@H](F)C3)nc2c(F)c(-c3cccc4ccc(F)c(Cl)c34)ncc12)[C@@H]1CCNC1. The Bertz CT molecular complexity index is 1650. The van der Waals surface area contributed by atoms with E-state index < -0.39 is 23.3 Å². The van der Waals surface area contributed by atoms with Crippen molar-refractivity contribution in [2.45, 2.75) is 43.4 Å². The number of nitrogens with one attached hydrogen (secondary N) is 1. The second-order valence-electron chi connectivity index (χ2n) is 11.4. The molecule has 7 rings (SSSR count). The number of alkyl halides is 1. The van der Waals surface area contributed by atoms with Crippen LogP contribution in [0.15, 0.2) is 36.5 Å². The fourth-order valence-electron chi connectivity index (χ4n) is 6.84. The maximum atomic E-state index is 16.5. The average molecular weight is 583 g/mol. The molecule has 0 saturated carbocycles. The van der Waals surface area contributed by atoms with Crippen LogP contribution in [0.2, 0.25) is 5.02 Å². The Balaban J connectivity index is 1.35. The number of aromatic nitrogens is 3. The molecule has 0 unspecified atom stereocenters. The number of likely N-dealkylation sites (N-methyl/N-ethyl adjacent to an activating group) is 1. The molecule has 3 fully saturated rings. The van der Waals surface area contributed by atoms with Crippen molar-refractivity contribution < 1.29 is 17.9 Å². The number of ether oxygens (including phenoxy) is 1. The third kappa shape index (κ3) is 4.47. The van der Waals surface area contributed by atoms with Gasteiger partial charge in [0.05, 0.1) is 15.9 Å². The zero-order valence-corrected chi connectivity index (χ0v) is 23.4. The molecule has 0 spiro atoms. The molecule has 11 heteroatoms. The molecule has 3 atom stereocenters. The molecule has 5 heterocycles. The lowest BCUT2D eigenvalue weighted by Crippen LogP contribution is -2.43. The van der Waals surface area contributed by atoms with Crippen LogP contribution in [0.4, 0.5) is 19.0 Å². The Morgan fingerprint density at radius 1 is 1.22 bits per heavy atom. The van der Waals surface area contributed by atoms with Crippen molar-refractivity contribution in [1.29, 1.82) is 0 Å². The fourth-order valence-corrected chi connectivity index (χ4v) is 7.11. The summed E-state index contributed by atoms with van der Waals surface area (Å²) in [4.78, 5) is 17.9. The minimum atomic E-state index is -0.892. The van der Waals surface area contributed by atoms with Crippen LogP contribution >= 0.6 is 11.6 Å². The number of pyridine rings is 1. The third-order valence-corrected chi connectivity index (χ3v) is 9.35. The van der Waals surface area contributed by atoms with E-state index in [4.69, 9.17) is 21.3 Å². The van der Waals surface area contributed by atoms with Gasteiger partial charge in [0.25, 0.3) is 0 Å². The van der Waals surface area contributed by atoms with E-state index >= 15 is 4.39 Å². The van der Waals surface area contributed by atoms with Crippen LogP contribution in [0.5, 0.6) is 6.01 Å². The lowest BCUT2D eigenvalue weighted by molar-refractivity contribution is 0.107. The van der Waals surface area contributed by atoms with Crippen molar-refractivity contribution in [2.24, 2.45) is 0 Å². The zero-order chi connectivity index (χ0) is 28.3. The predicted octanol–water partition coefficient (Wildman–Crippen LogP) is 5.53. The second kappa shape index (κ2) is 10.3. The van der Waals surface area contributed by atoms with Gasteiger partial charge in [-0.05, 0) is 43.8 Å². The molecule has 0 radical (unpaired) electrons.